The van der Waals surface area contributed by atoms with Crippen LogP contribution in [0.5, 0.6) is 5.75 Å². The highest BCUT2D eigenvalue weighted by molar-refractivity contribution is 6.30. The molecule has 0 aliphatic carbocycles. The smallest absolute Gasteiger partial charge is 0.321 e. The number of halogens is 1. The van der Waals surface area contributed by atoms with Crippen LogP contribution in [0.2, 0.25) is 5.02 Å². The van der Waals surface area contributed by atoms with Crippen LogP contribution in [-0.4, -0.2) is 37.0 Å². The summed E-state index contributed by atoms with van der Waals surface area (Å²) >= 11 is 5.85. The molecule has 1 heterocycles. The van der Waals surface area contributed by atoms with Crippen LogP contribution in [0.4, 0.5) is 10.5 Å². The minimum atomic E-state index is -0.153. The zero-order chi connectivity index (χ0) is 19.9. The maximum Gasteiger partial charge on any atom is 0.321 e. The molecule has 148 valence electrons. The van der Waals surface area contributed by atoms with Gasteiger partial charge in [-0.1, -0.05) is 23.7 Å². The molecule has 2 aromatic rings. The number of urea groups is 1. The standard InChI is InChI=1S/C21H24ClN3O3/c1-28-19-8-2-15(3-9-19)14-23-20(26)16-10-12-25(13-11-16)21(27)24-18-6-4-17(22)5-7-18/h2-9,16H,10-14H2,1H3,(H,23,26)(H,24,27). The molecule has 0 atom stereocenters. The summed E-state index contributed by atoms with van der Waals surface area (Å²) in [6.07, 6.45) is 1.31. The number of carbonyl (C=O) groups excluding carboxylic acids is 2. The van der Waals surface area contributed by atoms with E-state index in [0.717, 1.165) is 11.3 Å². The van der Waals surface area contributed by atoms with Gasteiger partial charge in [0.15, 0.2) is 0 Å². The SMILES string of the molecule is COc1ccc(CNC(=O)C2CCN(C(=O)Nc3ccc(Cl)cc3)CC2)cc1. The van der Waals surface area contributed by atoms with Crippen molar-refractivity contribution in [2.24, 2.45) is 5.92 Å². The topological polar surface area (TPSA) is 70.7 Å². The van der Waals surface area contributed by atoms with Crippen molar-refractivity contribution in [3.05, 3.63) is 59.1 Å². The van der Waals surface area contributed by atoms with Crippen molar-refractivity contribution < 1.29 is 14.3 Å². The van der Waals surface area contributed by atoms with Crippen LogP contribution in [0.15, 0.2) is 48.5 Å². The van der Waals surface area contributed by atoms with Crippen molar-refractivity contribution in [3.63, 3.8) is 0 Å². The molecule has 28 heavy (non-hydrogen) atoms. The number of nitrogens with one attached hydrogen (secondary N) is 2. The first-order valence-electron chi connectivity index (χ1n) is 9.27. The van der Waals surface area contributed by atoms with Crippen molar-refractivity contribution >= 4 is 29.2 Å². The van der Waals surface area contributed by atoms with E-state index in [1.54, 1.807) is 36.3 Å². The largest absolute Gasteiger partial charge is 0.497 e. The number of likely N-dealkylation sites (tertiary alicyclic amines) is 1. The fourth-order valence-corrected chi connectivity index (χ4v) is 3.28. The Morgan fingerprint density at radius 2 is 1.71 bits per heavy atom. The van der Waals surface area contributed by atoms with Crippen LogP contribution in [-0.2, 0) is 11.3 Å². The molecule has 3 rings (SSSR count). The van der Waals surface area contributed by atoms with E-state index in [9.17, 15) is 9.59 Å². The third-order valence-corrected chi connectivity index (χ3v) is 5.13. The van der Waals surface area contributed by atoms with Crippen LogP contribution in [0.1, 0.15) is 18.4 Å². The lowest BCUT2D eigenvalue weighted by atomic mass is 9.96. The third-order valence-electron chi connectivity index (χ3n) is 4.87. The molecule has 0 spiro atoms. The molecule has 1 aliphatic heterocycles. The molecule has 0 radical (unpaired) electrons. The van der Waals surface area contributed by atoms with E-state index in [1.165, 1.54) is 0 Å². The Bertz CT molecular complexity index is 801. The number of ether oxygens (including phenoxy) is 1. The number of hydrogen-bond donors (Lipinski definition) is 2. The highest BCUT2D eigenvalue weighted by Gasteiger charge is 2.27. The number of anilines is 1. The predicted octanol–water partition coefficient (Wildman–Crippen LogP) is 3.91. The summed E-state index contributed by atoms with van der Waals surface area (Å²) in [4.78, 5) is 26.5. The Hall–Kier alpha value is -2.73. The minimum Gasteiger partial charge on any atom is -0.497 e. The fraction of sp³-hybridized carbons (Fsp3) is 0.333. The van der Waals surface area contributed by atoms with Gasteiger partial charge in [0.1, 0.15) is 5.75 Å². The van der Waals surface area contributed by atoms with Gasteiger partial charge in [-0.25, -0.2) is 4.79 Å². The lowest BCUT2D eigenvalue weighted by molar-refractivity contribution is -0.126. The first kappa shape index (κ1) is 20.0. The van der Waals surface area contributed by atoms with Gasteiger partial charge in [0.25, 0.3) is 0 Å². The monoisotopic (exact) mass is 401 g/mol. The molecule has 0 unspecified atom stereocenters. The van der Waals surface area contributed by atoms with Crippen molar-refractivity contribution in [2.45, 2.75) is 19.4 Å². The van der Waals surface area contributed by atoms with Crippen molar-refractivity contribution in [1.29, 1.82) is 0 Å². The van der Waals surface area contributed by atoms with E-state index >= 15 is 0 Å². The normalized spacial score (nSPS) is 14.4. The number of hydrogen-bond acceptors (Lipinski definition) is 3. The van der Waals surface area contributed by atoms with Gasteiger partial charge in [0.2, 0.25) is 5.91 Å². The fourth-order valence-electron chi connectivity index (χ4n) is 3.16. The average molecular weight is 402 g/mol. The highest BCUT2D eigenvalue weighted by Crippen LogP contribution is 2.20. The molecule has 1 aliphatic rings. The Labute approximate surface area is 169 Å². The number of carbonyl (C=O) groups is 2. The summed E-state index contributed by atoms with van der Waals surface area (Å²) in [6, 6.07) is 14.5. The molecule has 0 saturated carbocycles. The lowest BCUT2D eigenvalue weighted by Crippen LogP contribution is -2.44. The van der Waals surface area contributed by atoms with Crippen LogP contribution >= 0.6 is 11.6 Å². The summed E-state index contributed by atoms with van der Waals surface area (Å²) in [5.41, 5.74) is 1.72. The maximum absolute atomic E-state index is 12.4. The van der Waals surface area contributed by atoms with Gasteiger partial charge in [0, 0.05) is 36.3 Å². The Morgan fingerprint density at radius 3 is 2.32 bits per heavy atom. The Balaban J connectivity index is 1.42. The second-order valence-electron chi connectivity index (χ2n) is 6.76. The van der Waals surface area contributed by atoms with E-state index in [2.05, 4.69) is 10.6 Å². The van der Waals surface area contributed by atoms with Gasteiger partial charge in [-0.3, -0.25) is 4.79 Å². The quantitative estimate of drug-likeness (QED) is 0.797. The molecule has 3 amide bonds. The van der Waals surface area contributed by atoms with E-state index < -0.39 is 0 Å². The highest BCUT2D eigenvalue weighted by atomic mass is 35.5. The minimum absolute atomic E-state index is 0.0357. The summed E-state index contributed by atoms with van der Waals surface area (Å²) in [7, 11) is 1.62. The van der Waals surface area contributed by atoms with Gasteiger partial charge >= 0.3 is 6.03 Å². The number of piperidine rings is 1. The van der Waals surface area contributed by atoms with Crippen LogP contribution in [0.25, 0.3) is 0 Å². The number of methoxy groups -OCH3 is 1. The lowest BCUT2D eigenvalue weighted by Gasteiger charge is -2.31. The molecular weight excluding hydrogens is 378 g/mol. The predicted molar refractivity (Wildman–Crippen MR) is 110 cm³/mol. The Morgan fingerprint density at radius 1 is 1.07 bits per heavy atom. The zero-order valence-electron chi connectivity index (χ0n) is 15.8. The van der Waals surface area contributed by atoms with Crippen LogP contribution < -0.4 is 15.4 Å². The maximum atomic E-state index is 12.4. The van der Waals surface area contributed by atoms with E-state index in [1.807, 2.05) is 24.3 Å². The molecule has 0 bridgehead atoms. The first-order chi connectivity index (χ1) is 13.5. The van der Waals surface area contributed by atoms with E-state index in [4.69, 9.17) is 16.3 Å². The molecule has 0 aromatic heterocycles. The van der Waals surface area contributed by atoms with E-state index in [-0.39, 0.29) is 17.9 Å². The molecule has 7 heteroatoms. The Kier molecular flexibility index (Phi) is 6.76. The second-order valence-corrected chi connectivity index (χ2v) is 7.20. The van der Waals surface area contributed by atoms with Gasteiger partial charge in [-0.05, 0) is 54.8 Å². The summed E-state index contributed by atoms with van der Waals surface area (Å²) in [5.74, 6) is 0.755. The number of amides is 3. The summed E-state index contributed by atoms with van der Waals surface area (Å²) in [5, 5.41) is 6.46. The van der Waals surface area contributed by atoms with Crippen molar-refractivity contribution in [2.75, 3.05) is 25.5 Å². The van der Waals surface area contributed by atoms with Crippen molar-refractivity contribution in [1.82, 2.24) is 10.2 Å². The van der Waals surface area contributed by atoms with Crippen LogP contribution in [0, 0.1) is 5.92 Å². The van der Waals surface area contributed by atoms with Gasteiger partial charge < -0.3 is 20.3 Å². The number of benzene rings is 2. The first-order valence-corrected chi connectivity index (χ1v) is 9.65. The van der Waals surface area contributed by atoms with E-state index in [0.29, 0.717) is 43.2 Å². The number of rotatable bonds is 5. The van der Waals surface area contributed by atoms with Gasteiger partial charge in [-0.2, -0.15) is 0 Å². The second kappa shape index (κ2) is 9.46. The summed E-state index contributed by atoms with van der Waals surface area (Å²) < 4.78 is 5.13. The zero-order valence-corrected chi connectivity index (χ0v) is 16.5. The average Bonchev–Trinajstić information content (AvgIpc) is 2.74. The third kappa shape index (κ3) is 5.39. The van der Waals surface area contributed by atoms with Gasteiger partial charge in [-0.15, -0.1) is 0 Å². The van der Waals surface area contributed by atoms with Crippen LogP contribution in [0.3, 0.4) is 0 Å². The number of nitrogens with zero attached hydrogens (tertiary/aromatic N) is 1. The molecule has 2 aromatic carbocycles. The molecular formula is C21H24ClN3O3. The molecule has 1 saturated heterocycles. The van der Waals surface area contributed by atoms with Gasteiger partial charge in [0.05, 0.1) is 7.11 Å². The van der Waals surface area contributed by atoms with Crippen molar-refractivity contribution in [3.8, 4) is 5.75 Å². The summed E-state index contributed by atoms with van der Waals surface area (Å²) in [6.45, 7) is 1.60. The molecule has 2 N–H and O–H groups in total. The molecule has 6 nitrogen and oxygen atoms in total. The molecule has 1 fully saturated rings.